The predicted molar refractivity (Wildman–Crippen MR) is 40.2 cm³/mol. The van der Waals surface area contributed by atoms with Gasteiger partial charge in [0, 0.05) is 0 Å². The third kappa shape index (κ3) is 2.50. The number of ether oxygens (including phenoxy) is 2. The molecule has 0 aliphatic carbocycles. The first-order valence-electron chi connectivity index (χ1n) is 4.10. The third-order valence-corrected chi connectivity index (χ3v) is 1.79. The Morgan fingerprint density at radius 2 is 2.18 bits per heavy atom. The zero-order valence-electron chi connectivity index (χ0n) is 7.00. The van der Waals surface area contributed by atoms with Gasteiger partial charge in [0.2, 0.25) is 0 Å². The second-order valence-electron chi connectivity index (χ2n) is 2.70. The van der Waals surface area contributed by atoms with E-state index in [1.54, 1.807) is 0 Å². The van der Waals surface area contributed by atoms with Crippen molar-refractivity contribution in [1.82, 2.24) is 0 Å². The zero-order chi connectivity index (χ0) is 8.27. The minimum Gasteiger partial charge on any atom is -0.460 e. The topological polar surface area (TPSA) is 38.8 Å². The van der Waals surface area contributed by atoms with Crippen LogP contribution in [0.25, 0.3) is 0 Å². The van der Waals surface area contributed by atoms with Crippen LogP contribution in [0.1, 0.15) is 26.7 Å². The highest BCUT2D eigenvalue weighted by Crippen LogP contribution is 2.13. The van der Waals surface area contributed by atoms with Gasteiger partial charge in [0.25, 0.3) is 0 Å². The summed E-state index contributed by atoms with van der Waals surface area (Å²) < 4.78 is 9.89. The summed E-state index contributed by atoms with van der Waals surface area (Å²) in [5.41, 5.74) is 0. The number of carbonyl (C=O) groups excluding carboxylic acids is 1. The Morgan fingerprint density at radius 3 is 2.55 bits per heavy atom. The van der Waals surface area contributed by atoms with Gasteiger partial charge in [0.05, 0.1) is 6.61 Å². The Bertz CT molecular complexity index is 136. The molecule has 0 radical (unpaired) electrons. The monoisotopic (exact) mass is 158 g/mol. The molecule has 0 spiro atoms. The van der Waals surface area contributed by atoms with Crippen LogP contribution in [0.2, 0.25) is 0 Å². The quantitative estimate of drug-likeness (QED) is 0.454. The lowest BCUT2D eigenvalue weighted by molar-refractivity contribution is -0.150. The molecule has 0 aromatic rings. The van der Waals surface area contributed by atoms with Gasteiger partial charge in [-0.2, -0.15) is 0 Å². The minimum atomic E-state index is -0.254. The standard InChI is InChI=1S/C8H14O3/c1-3-6(4-2)11-8(9)7-5-10-7/h6-7H,3-5H2,1-2H3. The third-order valence-electron chi connectivity index (χ3n) is 1.79. The minimum absolute atomic E-state index is 0.0756. The SMILES string of the molecule is CCC(CC)OC(=O)C1CO1. The van der Waals surface area contributed by atoms with Crippen molar-refractivity contribution in [3.8, 4) is 0 Å². The molecule has 0 aromatic carbocycles. The maximum Gasteiger partial charge on any atom is 0.337 e. The van der Waals surface area contributed by atoms with Crippen LogP contribution in [0.4, 0.5) is 0 Å². The molecule has 1 aliphatic heterocycles. The van der Waals surface area contributed by atoms with E-state index in [0.717, 1.165) is 12.8 Å². The van der Waals surface area contributed by atoms with Gasteiger partial charge in [0.1, 0.15) is 6.10 Å². The summed E-state index contributed by atoms with van der Waals surface area (Å²) in [4.78, 5) is 11.0. The molecule has 3 heteroatoms. The number of hydrogen-bond donors (Lipinski definition) is 0. The van der Waals surface area contributed by atoms with Crippen LogP contribution in [-0.4, -0.2) is 24.8 Å². The van der Waals surface area contributed by atoms with Crippen molar-refractivity contribution >= 4 is 5.97 Å². The summed E-state index contributed by atoms with van der Waals surface area (Å²) in [6.45, 7) is 4.56. The van der Waals surface area contributed by atoms with Gasteiger partial charge in [-0.25, -0.2) is 4.79 Å². The molecule has 1 atom stereocenters. The average Bonchev–Trinajstić information content (AvgIpc) is 2.81. The highest BCUT2D eigenvalue weighted by molar-refractivity contribution is 5.77. The van der Waals surface area contributed by atoms with Crippen molar-refractivity contribution < 1.29 is 14.3 Å². The van der Waals surface area contributed by atoms with E-state index >= 15 is 0 Å². The molecule has 1 unspecified atom stereocenters. The smallest absolute Gasteiger partial charge is 0.337 e. The molecule has 11 heavy (non-hydrogen) atoms. The second kappa shape index (κ2) is 3.72. The first kappa shape index (κ1) is 8.53. The fourth-order valence-electron chi connectivity index (χ4n) is 0.880. The van der Waals surface area contributed by atoms with Crippen LogP contribution in [0.5, 0.6) is 0 Å². The molecule has 0 aromatic heterocycles. The van der Waals surface area contributed by atoms with Gasteiger partial charge in [-0.1, -0.05) is 13.8 Å². The second-order valence-corrected chi connectivity index (χ2v) is 2.70. The number of rotatable bonds is 4. The molecule has 64 valence electrons. The molecule has 0 N–H and O–H groups in total. The summed E-state index contributed by atoms with van der Waals surface area (Å²) >= 11 is 0. The van der Waals surface area contributed by atoms with E-state index in [4.69, 9.17) is 9.47 Å². The van der Waals surface area contributed by atoms with Crippen LogP contribution in [0, 0.1) is 0 Å². The van der Waals surface area contributed by atoms with E-state index in [0.29, 0.717) is 6.61 Å². The van der Waals surface area contributed by atoms with E-state index in [2.05, 4.69) is 0 Å². The molecular formula is C8H14O3. The predicted octanol–water partition coefficient (Wildman–Crippen LogP) is 1.12. The lowest BCUT2D eigenvalue weighted by Gasteiger charge is -2.12. The van der Waals surface area contributed by atoms with Crippen LogP contribution in [-0.2, 0) is 14.3 Å². The fourth-order valence-corrected chi connectivity index (χ4v) is 0.880. The lowest BCUT2D eigenvalue weighted by Crippen LogP contribution is -2.20. The lowest BCUT2D eigenvalue weighted by atomic mass is 10.2. The summed E-state index contributed by atoms with van der Waals surface area (Å²) in [6, 6.07) is 0. The van der Waals surface area contributed by atoms with Crippen molar-refractivity contribution in [3.05, 3.63) is 0 Å². The summed E-state index contributed by atoms with van der Waals surface area (Å²) in [5, 5.41) is 0. The molecule has 1 heterocycles. The van der Waals surface area contributed by atoms with Crippen molar-refractivity contribution in [2.24, 2.45) is 0 Å². The average molecular weight is 158 g/mol. The number of epoxide rings is 1. The van der Waals surface area contributed by atoms with Crippen molar-refractivity contribution in [2.45, 2.75) is 38.9 Å². The molecule has 1 fully saturated rings. The largest absolute Gasteiger partial charge is 0.460 e. The molecule has 0 bridgehead atoms. The van der Waals surface area contributed by atoms with Crippen molar-refractivity contribution in [2.75, 3.05) is 6.61 Å². The maximum atomic E-state index is 11.0. The highest BCUT2D eigenvalue weighted by Gasteiger charge is 2.33. The molecular weight excluding hydrogens is 144 g/mol. The van der Waals surface area contributed by atoms with Gasteiger partial charge >= 0.3 is 5.97 Å². The Morgan fingerprint density at radius 1 is 1.64 bits per heavy atom. The molecule has 1 rings (SSSR count). The zero-order valence-corrected chi connectivity index (χ0v) is 7.00. The molecule has 1 aliphatic rings. The molecule has 1 saturated heterocycles. The first-order chi connectivity index (χ1) is 5.27. The molecule has 0 saturated carbocycles. The highest BCUT2D eigenvalue weighted by atomic mass is 16.6. The summed E-state index contributed by atoms with van der Waals surface area (Å²) in [7, 11) is 0. The Balaban J connectivity index is 2.20. The van der Waals surface area contributed by atoms with E-state index in [9.17, 15) is 4.79 Å². The Hall–Kier alpha value is -0.570. The maximum absolute atomic E-state index is 11.0. The first-order valence-corrected chi connectivity index (χ1v) is 4.10. The van der Waals surface area contributed by atoms with Crippen LogP contribution < -0.4 is 0 Å². The van der Waals surface area contributed by atoms with E-state index in [-0.39, 0.29) is 18.2 Å². The Labute approximate surface area is 66.7 Å². The van der Waals surface area contributed by atoms with Crippen LogP contribution in [0.15, 0.2) is 0 Å². The van der Waals surface area contributed by atoms with Crippen molar-refractivity contribution in [3.63, 3.8) is 0 Å². The summed E-state index contributed by atoms with van der Waals surface area (Å²) in [6.07, 6.45) is 1.59. The van der Waals surface area contributed by atoms with Crippen LogP contribution >= 0.6 is 0 Å². The number of hydrogen-bond acceptors (Lipinski definition) is 3. The van der Waals surface area contributed by atoms with E-state index in [1.807, 2.05) is 13.8 Å². The summed E-state index contributed by atoms with van der Waals surface area (Å²) in [5.74, 6) is -0.196. The van der Waals surface area contributed by atoms with Gasteiger partial charge in [0.15, 0.2) is 6.10 Å². The molecule has 3 nitrogen and oxygen atoms in total. The normalized spacial score (nSPS) is 21.9. The van der Waals surface area contributed by atoms with Gasteiger partial charge in [-0.05, 0) is 12.8 Å². The van der Waals surface area contributed by atoms with Crippen LogP contribution in [0.3, 0.4) is 0 Å². The van der Waals surface area contributed by atoms with E-state index < -0.39 is 0 Å². The van der Waals surface area contributed by atoms with Crippen molar-refractivity contribution in [1.29, 1.82) is 0 Å². The Kier molecular flexibility index (Phi) is 2.88. The van der Waals surface area contributed by atoms with Gasteiger partial charge in [-0.15, -0.1) is 0 Å². The van der Waals surface area contributed by atoms with E-state index in [1.165, 1.54) is 0 Å². The molecule has 0 amide bonds. The van der Waals surface area contributed by atoms with Gasteiger partial charge in [-0.3, -0.25) is 0 Å². The number of carbonyl (C=O) groups is 1. The fraction of sp³-hybridized carbons (Fsp3) is 0.875. The van der Waals surface area contributed by atoms with Gasteiger partial charge < -0.3 is 9.47 Å². The number of esters is 1.